The zero-order valence-electron chi connectivity index (χ0n) is 11.9. The molecule has 0 spiro atoms. The summed E-state index contributed by atoms with van der Waals surface area (Å²) in [5.41, 5.74) is 1.73. The highest BCUT2D eigenvalue weighted by Gasteiger charge is 2.14. The molecule has 4 heteroatoms. The molecule has 1 N–H and O–H groups in total. The Morgan fingerprint density at radius 2 is 1.76 bits per heavy atom. The maximum atomic E-state index is 13.9. The first kappa shape index (κ1) is 16.3. The Labute approximate surface area is 135 Å². The second-order valence-electron chi connectivity index (χ2n) is 4.99. The lowest BCUT2D eigenvalue weighted by molar-refractivity contribution is 0.506. The van der Waals surface area contributed by atoms with Crippen LogP contribution in [-0.4, -0.2) is 12.6 Å². The van der Waals surface area contributed by atoms with Crippen LogP contribution in [0, 0.1) is 5.82 Å². The van der Waals surface area contributed by atoms with Crippen molar-refractivity contribution in [2.45, 2.75) is 25.8 Å². The SMILES string of the molecule is CCNC(Cc1ccc(Cl)cc1F)Cc1ccccc1Cl. The first-order chi connectivity index (χ1) is 10.1. The topological polar surface area (TPSA) is 12.0 Å². The highest BCUT2D eigenvalue weighted by molar-refractivity contribution is 6.31. The van der Waals surface area contributed by atoms with Gasteiger partial charge in [-0.2, -0.15) is 0 Å². The maximum Gasteiger partial charge on any atom is 0.127 e. The van der Waals surface area contributed by atoms with E-state index in [0.29, 0.717) is 17.0 Å². The normalized spacial score (nSPS) is 12.4. The predicted molar refractivity (Wildman–Crippen MR) is 87.7 cm³/mol. The Hall–Kier alpha value is -1.09. The molecule has 0 radical (unpaired) electrons. The van der Waals surface area contributed by atoms with Crippen molar-refractivity contribution in [2.75, 3.05) is 6.54 Å². The number of rotatable bonds is 6. The Kier molecular flexibility index (Phi) is 6.04. The van der Waals surface area contributed by atoms with Crippen LogP contribution in [0.2, 0.25) is 10.0 Å². The van der Waals surface area contributed by atoms with Gasteiger partial charge in [0.15, 0.2) is 0 Å². The number of hydrogen-bond donors (Lipinski definition) is 1. The Morgan fingerprint density at radius 1 is 1.05 bits per heavy atom. The molecule has 0 heterocycles. The average molecular weight is 326 g/mol. The summed E-state index contributed by atoms with van der Waals surface area (Å²) in [6.45, 7) is 2.86. The van der Waals surface area contributed by atoms with Crippen LogP contribution in [0.4, 0.5) is 4.39 Å². The first-order valence-electron chi connectivity index (χ1n) is 7.01. The highest BCUT2D eigenvalue weighted by atomic mass is 35.5. The van der Waals surface area contributed by atoms with Crippen molar-refractivity contribution < 1.29 is 4.39 Å². The van der Waals surface area contributed by atoms with Gasteiger partial charge in [0.05, 0.1) is 0 Å². The summed E-state index contributed by atoms with van der Waals surface area (Å²) in [6.07, 6.45) is 1.36. The standard InChI is InChI=1S/C17H18Cl2FN/c1-2-21-15(9-12-5-3-4-6-16(12)19)10-13-7-8-14(18)11-17(13)20/h3-8,11,15,21H,2,9-10H2,1H3. The van der Waals surface area contributed by atoms with Crippen LogP contribution in [0.5, 0.6) is 0 Å². The fraction of sp³-hybridized carbons (Fsp3) is 0.294. The van der Waals surface area contributed by atoms with Gasteiger partial charge in [-0.05, 0) is 48.7 Å². The summed E-state index contributed by atoms with van der Waals surface area (Å²) < 4.78 is 13.9. The van der Waals surface area contributed by atoms with Gasteiger partial charge in [-0.1, -0.05) is 54.4 Å². The van der Waals surface area contributed by atoms with E-state index >= 15 is 0 Å². The summed E-state index contributed by atoms with van der Waals surface area (Å²) in [5, 5.41) is 4.56. The van der Waals surface area contributed by atoms with Gasteiger partial charge in [0.2, 0.25) is 0 Å². The number of nitrogens with one attached hydrogen (secondary N) is 1. The molecule has 1 nitrogen and oxygen atoms in total. The van der Waals surface area contributed by atoms with Gasteiger partial charge in [0.25, 0.3) is 0 Å². The van der Waals surface area contributed by atoms with Crippen molar-refractivity contribution >= 4 is 23.2 Å². The molecule has 0 saturated heterocycles. The van der Waals surface area contributed by atoms with Crippen LogP contribution in [0.3, 0.4) is 0 Å². The van der Waals surface area contributed by atoms with E-state index in [1.54, 1.807) is 12.1 Å². The molecule has 0 saturated carbocycles. The number of likely N-dealkylation sites (N-methyl/N-ethyl adjacent to an activating group) is 1. The van der Waals surface area contributed by atoms with Crippen molar-refractivity contribution in [3.63, 3.8) is 0 Å². The van der Waals surface area contributed by atoms with Gasteiger partial charge in [-0.25, -0.2) is 4.39 Å². The molecular formula is C17H18Cl2FN. The quantitative estimate of drug-likeness (QED) is 0.796. The van der Waals surface area contributed by atoms with Gasteiger partial charge in [0, 0.05) is 16.1 Å². The fourth-order valence-corrected chi connectivity index (χ4v) is 2.76. The molecule has 0 aliphatic heterocycles. The minimum absolute atomic E-state index is 0.130. The molecule has 1 unspecified atom stereocenters. The van der Waals surface area contributed by atoms with Crippen LogP contribution in [0.1, 0.15) is 18.1 Å². The van der Waals surface area contributed by atoms with E-state index in [4.69, 9.17) is 23.2 Å². The molecule has 0 amide bonds. The molecule has 112 valence electrons. The van der Waals surface area contributed by atoms with Crippen LogP contribution in [-0.2, 0) is 12.8 Å². The predicted octanol–water partition coefficient (Wildman–Crippen LogP) is 4.90. The second-order valence-corrected chi connectivity index (χ2v) is 5.83. The van der Waals surface area contributed by atoms with Crippen molar-refractivity contribution in [1.29, 1.82) is 0 Å². The molecule has 0 bridgehead atoms. The third kappa shape index (κ3) is 4.70. The highest BCUT2D eigenvalue weighted by Crippen LogP contribution is 2.20. The molecule has 1 atom stereocenters. The van der Waals surface area contributed by atoms with E-state index in [9.17, 15) is 4.39 Å². The van der Waals surface area contributed by atoms with Crippen LogP contribution in [0.25, 0.3) is 0 Å². The van der Waals surface area contributed by atoms with Gasteiger partial charge >= 0.3 is 0 Å². The van der Waals surface area contributed by atoms with Gasteiger partial charge in [0.1, 0.15) is 5.82 Å². The van der Waals surface area contributed by atoms with E-state index in [0.717, 1.165) is 23.6 Å². The lowest BCUT2D eigenvalue weighted by Gasteiger charge is -2.19. The van der Waals surface area contributed by atoms with Crippen molar-refractivity contribution in [1.82, 2.24) is 5.32 Å². The number of halogens is 3. The zero-order chi connectivity index (χ0) is 15.2. The minimum atomic E-state index is -0.260. The largest absolute Gasteiger partial charge is 0.314 e. The van der Waals surface area contributed by atoms with E-state index in [-0.39, 0.29) is 11.9 Å². The van der Waals surface area contributed by atoms with Crippen molar-refractivity contribution in [3.8, 4) is 0 Å². The van der Waals surface area contributed by atoms with Gasteiger partial charge in [-0.15, -0.1) is 0 Å². The molecule has 2 aromatic carbocycles. The van der Waals surface area contributed by atoms with E-state index in [1.165, 1.54) is 6.07 Å². The fourth-order valence-electron chi connectivity index (χ4n) is 2.39. The molecule has 0 aliphatic carbocycles. The molecule has 2 aromatic rings. The van der Waals surface area contributed by atoms with Crippen molar-refractivity contribution in [3.05, 3.63) is 69.5 Å². The Balaban J connectivity index is 2.14. The second kappa shape index (κ2) is 7.79. The monoisotopic (exact) mass is 325 g/mol. The molecular weight excluding hydrogens is 308 g/mol. The van der Waals surface area contributed by atoms with Gasteiger partial charge in [-0.3, -0.25) is 0 Å². The van der Waals surface area contributed by atoms with E-state index < -0.39 is 0 Å². The lowest BCUT2D eigenvalue weighted by atomic mass is 9.98. The third-order valence-corrected chi connectivity index (χ3v) is 4.00. The summed E-state index contributed by atoms with van der Waals surface area (Å²) >= 11 is 12.0. The van der Waals surface area contributed by atoms with Gasteiger partial charge < -0.3 is 5.32 Å². The molecule has 21 heavy (non-hydrogen) atoms. The zero-order valence-corrected chi connectivity index (χ0v) is 13.4. The van der Waals surface area contributed by atoms with E-state index in [1.807, 2.05) is 31.2 Å². The van der Waals surface area contributed by atoms with Crippen LogP contribution >= 0.6 is 23.2 Å². The average Bonchev–Trinajstić information content (AvgIpc) is 2.44. The third-order valence-electron chi connectivity index (χ3n) is 3.40. The van der Waals surface area contributed by atoms with E-state index in [2.05, 4.69) is 5.32 Å². The summed E-state index contributed by atoms with van der Waals surface area (Å²) in [6, 6.07) is 12.7. The number of hydrogen-bond acceptors (Lipinski definition) is 1. The summed E-state index contributed by atoms with van der Waals surface area (Å²) in [4.78, 5) is 0. The van der Waals surface area contributed by atoms with Crippen LogP contribution < -0.4 is 5.32 Å². The van der Waals surface area contributed by atoms with Crippen molar-refractivity contribution in [2.24, 2.45) is 0 Å². The molecule has 0 aromatic heterocycles. The first-order valence-corrected chi connectivity index (χ1v) is 7.76. The number of benzene rings is 2. The minimum Gasteiger partial charge on any atom is -0.314 e. The Morgan fingerprint density at radius 3 is 2.43 bits per heavy atom. The maximum absolute atomic E-state index is 13.9. The molecule has 2 rings (SSSR count). The Bertz CT molecular complexity index is 601. The molecule has 0 fully saturated rings. The molecule has 0 aliphatic rings. The summed E-state index contributed by atoms with van der Waals surface area (Å²) in [5.74, 6) is -0.260. The van der Waals surface area contributed by atoms with Crippen LogP contribution in [0.15, 0.2) is 42.5 Å². The smallest absolute Gasteiger partial charge is 0.127 e. The lowest BCUT2D eigenvalue weighted by Crippen LogP contribution is -2.33. The summed E-state index contributed by atoms with van der Waals surface area (Å²) in [7, 11) is 0.